The van der Waals surface area contributed by atoms with E-state index >= 15 is 0 Å². The number of hydrogen-bond donors (Lipinski definition) is 2. The SMILES string of the molecule is C=C(CC1CCOCC1)N1CCC(C(C)(C)[C@H](O)c2cc(Cl)cc3cn[nH]c23)CC1. The van der Waals surface area contributed by atoms with Gasteiger partial charge >= 0.3 is 0 Å². The smallest absolute Gasteiger partial charge is 0.0864 e. The normalized spacial score (nSPS) is 20.6. The van der Waals surface area contributed by atoms with Gasteiger partial charge in [0.2, 0.25) is 0 Å². The number of H-pyrrole nitrogens is 1. The fraction of sp³-hybridized carbons (Fsp3) is 0.625. The fourth-order valence-electron chi connectivity index (χ4n) is 5.24. The number of aromatic amines is 1. The number of likely N-dealkylation sites (tertiary alicyclic amines) is 1. The Balaban J connectivity index is 1.40. The van der Waals surface area contributed by atoms with Gasteiger partial charge in [-0.05, 0) is 61.5 Å². The molecule has 0 saturated carbocycles. The van der Waals surface area contributed by atoms with Crippen molar-refractivity contribution in [2.24, 2.45) is 17.3 Å². The molecule has 2 aliphatic rings. The third-order valence-corrected chi connectivity index (χ3v) is 7.62. The zero-order valence-corrected chi connectivity index (χ0v) is 18.9. The quantitative estimate of drug-likeness (QED) is 0.649. The molecule has 5 nitrogen and oxygen atoms in total. The minimum absolute atomic E-state index is 0.267. The van der Waals surface area contributed by atoms with Crippen molar-refractivity contribution < 1.29 is 9.84 Å². The Kier molecular flexibility index (Phi) is 6.42. The summed E-state index contributed by atoms with van der Waals surface area (Å²) in [5.41, 5.74) is 2.72. The van der Waals surface area contributed by atoms with Crippen molar-refractivity contribution >= 4 is 22.5 Å². The highest BCUT2D eigenvalue weighted by atomic mass is 35.5. The van der Waals surface area contributed by atoms with Gasteiger partial charge in [-0.25, -0.2) is 0 Å². The molecule has 0 unspecified atom stereocenters. The minimum atomic E-state index is -0.610. The highest BCUT2D eigenvalue weighted by molar-refractivity contribution is 6.31. The van der Waals surface area contributed by atoms with E-state index in [0.717, 1.165) is 74.9 Å². The molecule has 1 aromatic heterocycles. The van der Waals surface area contributed by atoms with Gasteiger partial charge in [0.1, 0.15) is 0 Å². The van der Waals surface area contributed by atoms with E-state index in [1.54, 1.807) is 6.20 Å². The van der Waals surface area contributed by atoms with E-state index in [-0.39, 0.29) is 5.41 Å². The average Bonchev–Trinajstić information content (AvgIpc) is 3.21. The Morgan fingerprint density at radius 1 is 1.30 bits per heavy atom. The van der Waals surface area contributed by atoms with Crippen LogP contribution in [0.1, 0.15) is 57.6 Å². The van der Waals surface area contributed by atoms with E-state index in [1.807, 2.05) is 12.1 Å². The summed E-state index contributed by atoms with van der Waals surface area (Å²) in [5.74, 6) is 1.14. The van der Waals surface area contributed by atoms with Crippen molar-refractivity contribution in [3.05, 3.63) is 41.2 Å². The number of nitrogens with one attached hydrogen (secondary N) is 1. The minimum Gasteiger partial charge on any atom is -0.388 e. The van der Waals surface area contributed by atoms with Crippen LogP contribution in [0.3, 0.4) is 0 Å². The molecule has 2 fully saturated rings. The number of rotatable bonds is 6. The monoisotopic (exact) mass is 431 g/mol. The summed E-state index contributed by atoms with van der Waals surface area (Å²) in [7, 11) is 0. The van der Waals surface area contributed by atoms with Gasteiger partial charge in [-0.15, -0.1) is 0 Å². The number of aliphatic hydroxyl groups excluding tert-OH is 1. The van der Waals surface area contributed by atoms with E-state index in [2.05, 4.69) is 35.5 Å². The van der Waals surface area contributed by atoms with Gasteiger partial charge < -0.3 is 14.7 Å². The lowest BCUT2D eigenvalue weighted by atomic mass is 9.68. The summed E-state index contributed by atoms with van der Waals surface area (Å²) in [6.07, 6.45) is 6.65. The molecule has 2 aromatic rings. The molecule has 6 heteroatoms. The summed E-state index contributed by atoms with van der Waals surface area (Å²) >= 11 is 6.32. The molecule has 3 heterocycles. The lowest BCUT2D eigenvalue weighted by Gasteiger charge is -2.44. The van der Waals surface area contributed by atoms with Crippen molar-refractivity contribution in [1.29, 1.82) is 0 Å². The Bertz CT molecular complexity index is 880. The third-order valence-electron chi connectivity index (χ3n) is 7.40. The molecule has 1 aromatic carbocycles. The van der Waals surface area contributed by atoms with E-state index in [9.17, 15) is 5.11 Å². The molecular formula is C24H34ClN3O2. The van der Waals surface area contributed by atoms with Crippen molar-refractivity contribution in [2.45, 2.75) is 52.1 Å². The van der Waals surface area contributed by atoms with Gasteiger partial charge in [-0.3, -0.25) is 5.10 Å². The second-order valence-electron chi connectivity index (χ2n) is 9.64. The standard InChI is InChI=1S/C24H34ClN3O2/c1-16(12-17-6-10-30-11-7-17)28-8-4-19(5-9-28)24(2,3)23(29)21-14-20(25)13-18-15-26-27-22(18)21/h13-15,17,19,23,29H,1,4-12H2,2-3H3,(H,26,27)/t23-/m1/s1. The van der Waals surface area contributed by atoms with Crippen LogP contribution in [0.25, 0.3) is 10.9 Å². The predicted molar refractivity (Wildman–Crippen MR) is 121 cm³/mol. The number of allylic oxidation sites excluding steroid dienone is 1. The summed E-state index contributed by atoms with van der Waals surface area (Å²) in [4.78, 5) is 2.46. The molecule has 2 saturated heterocycles. The van der Waals surface area contributed by atoms with Gasteiger partial charge in [0.15, 0.2) is 0 Å². The van der Waals surface area contributed by atoms with Crippen molar-refractivity contribution in [3.63, 3.8) is 0 Å². The largest absolute Gasteiger partial charge is 0.388 e. The van der Waals surface area contributed by atoms with Crippen molar-refractivity contribution in [3.8, 4) is 0 Å². The Morgan fingerprint density at radius 2 is 2.00 bits per heavy atom. The molecule has 0 aliphatic carbocycles. The first kappa shape index (κ1) is 21.7. The molecule has 0 bridgehead atoms. The Hall–Kier alpha value is -1.56. The van der Waals surface area contributed by atoms with Crippen LogP contribution in [0.5, 0.6) is 0 Å². The fourth-order valence-corrected chi connectivity index (χ4v) is 5.47. The van der Waals surface area contributed by atoms with Crippen LogP contribution in [-0.4, -0.2) is 46.5 Å². The first-order valence-corrected chi connectivity index (χ1v) is 11.5. The number of piperidine rings is 1. The van der Waals surface area contributed by atoms with Gasteiger partial charge in [-0.2, -0.15) is 5.10 Å². The zero-order chi connectivity index (χ0) is 21.3. The van der Waals surface area contributed by atoms with E-state index in [4.69, 9.17) is 16.3 Å². The lowest BCUT2D eigenvalue weighted by Crippen LogP contribution is -2.41. The molecule has 0 spiro atoms. The van der Waals surface area contributed by atoms with Crippen LogP contribution in [0, 0.1) is 17.3 Å². The maximum atomic E-state index is 11.4. The van der Waals surface area contributed by atoms with Crippen LogP contribution in [0.4, 0.5) is 0 Å². The number of benzene rings is 1. The molecule has 30 heavy (non-hydrogen) atoms. The van der Waals surface area contributed by atoms with Crippen LogP contribution in [-0.2, 0) is 4.74 Å². The average molecular weight is 432 g/mol. The summed E-state index contributed by atoms with van der Waals surface area (Å²) in [6, 6.07) is 3.76. The molecule has 0 radical (unpaired) electrons. The molecule has 0 amide bonds. The van der Waals surface area contributed by atoms with Gasteiger partial charge in [0, 0.05) is 48.0 Å². The van der Waals surface area contributed by atoms with Crippen LogP contribution in [0.15, 0.2) is 30.6 Å². The molecule has 2 N–H and O–H groups in total. The number of nitrogens with zero attached hydrogens (tertiary/aromatic N) is 2. The van der Waals surface area contributed by atoms with Gasteiger partial charge in [0.25, 0.3) is 0 Å². The molecule has 164 valence electrons. The molecule has 1 atom stereocenters. The van der Waals surface area contributed by atoms with Crippen molar-refractivity contribution in [2.75, 3.05) is 26.3 Å². The summed E-state index contributed by atoms with van der Waals surface area (Å²) < 4.78 is 5.48. The highest BCUT2D eigenvalue weighted by Gasteiger charge is 2.40. The van der Waals surface area contributed by atoms with Crippen LogP contribution in [0.2, 0.25) is 5.02 Å². The maximum Gasteiger partial charge on any atom is 0.0864 e. The lowest BCUT2D eigenvalue weighted by molar-refractivity contribution is -0.0158. The number of aromatic nitrogens is 2. The third kappa shape index (κ3) is 4.39. The van der Waals surface area contributed by atoms with E-state index in [0.29, 0.717) is 16.9 Å². The number of ether oxygens (including phenoxy) is 1. The van der Waals surface area contributed by atoms with Crippen molar-refractivity contribution in [1.82, 2.24) is 15.1 Å². The Morgan fingerprint density at radius 3 is 2.70 bits per heavy atom. The molecule has 4 rings (SSSR count). The first-order chi connectivity index (χ1) is 14.4. The number of hydrogen-bond acceptors (Lipinski definition) is 4. The molecule has 2 aliphatic heterocycles. The number of aliphatic hydroxyl groups is 1. The van der Waals surface area contributed by atoms with E-state index in [1.165, 1.54) is 5.70 Å². The van der Waals surface area contributed by atoms with Gasteiger partial charge in [0.05, 0.1) is 17.8 Å². The Labute approximate surface area is 184 Å². The van der Waals surface area contributed by atoms with Gasteiger partial charge in [-0.1, -0.05) is 32.0 Å². The van der Waals surface area contributed by atoms with Crippen LogP contribution < -0.4 is 0 Å². The second kappa shape index (κ2) is 8.89. The van der Waals surface area contributed by atoms with E-state index < -0.39 is 6.10 Å². The maximum absolute atomic E-state index is 11.4. The summed E-state index contributed by atoms with van der Waals surface area (Å²) in [5, 5.41) is 20.1. The number of fused-ring (bicyclic) bond motifs is 1. The predicted octanol–water partition coefficient (Wildman–Crippen LogP) is 5.32. The second-order valence-corrected chi connectivity index (χ2v) is 10.1. The first-order valence-electron chi connectivity index (χ1n) is 11.2. The zero-order valence-electron chi connectivity index (χ0n) is 18.2. The molecular weight excluding hydrogens is 398 g/mol. The topological polar surface area (TPSA) is 61.4 Å². The highest BCUT2D eigenvalue weighted by Crippen LogP contribution is 2.46. The van der Waals surface area contributed by atoms with Crippen LogP contribution >= 0.6 is 11.6 Å². The summed E-state index contributed by atoms with van der Waals surface area (Å²) in [6.45, 7) is 12.5. The number of halogens is 1.